The molecule has 0 fully saturated rings. The SMILES string of the molecule is CCC(C)C1CC/C=C\CCC1O. The summed E-state index contributed by atoms with van der Waals surface area (Å²) in [5.74, 6) is 1.19. The molecule has 1 N–H and O–H groups in total. The molecular formula is C12H22O. The molecule has 0 heterocycles. The van der Waals surface area contributed by atoms with Crippen LogP contribution in [0.2, 0.25) is 0 Å². The fourth-order valence-corrected chi connectivity index (χ4v) is 2.16. The third-order valence-corrected chi connectivity index (χ3v) is 3.33. The third-order valence-electron chi connectivity index (χ3n) is 3.33. The van der Waals surface area contributed by atoms with Crippen LogP contribution < -0.4 is 0 Å². The highest BCUT2D eigenvalue weighted by Crippen LogP contribution is 2.28. The van der Waals surface area contributed by atoms with Crippen molar-refractivity contribution in [3.05, 3.63) is 12.2 Å². The standard InChI is InChI=1S/C12H22O/c1-3-10(2)11-8-6-4-5-7-9-12(11)13/h4-5,10-13H,3,6-9H2,1-2H3/b5-4-. The van der Waals surface area contributed by atoms with Gasteiger partial charge in [-0.25, -0.2) is 0 Å². The van der Waals surface area contributed by atoms with E-state index >= 15 is 0 Å². The second kappa shape index (κ2) is 5.43. The minimum absolute atomic E-state index is 0.0695. The van der Waals surface area contributed by atoms with Crippen LogP contribution in [0.1, 0.15) is 46.0 Å². The first-order chi connectivity index (χ1) is 6.25. The molecule has 0 spiro atoms. The highest BCUT2D eigenvalue weighted by Gasteiger charge is 2.23. The van der Waals surface area contributed by atoms with Gasteiger partial charge in [0, 0.05) is 0 Å². The van der Waals surface area contributed by atoms with E-state index in [0.717, 1.165) is 25.7 Å². The Kier molecular flexibility index (Phi) is 4.51. The monoisotopic (exact) mass is 182 g/mol. The van der Waals surface area contributed by atoms with Crippen molar-refractivity contribution in [2.75, 3.05) is 0 Å². The van der Waals surface area contributed by atoms with Gasteiger partial charge >= 0.3 is 0 Å². The minimum atomic E-state index is -0.0695. The lowest BCUT2D eigenvalue weighted by atomic mass is 9.81. The Hall–Kier alpha value is -0.300. The second-order valence-corrected chi connectivity index (χ2v) is 4.24. The van der Waals surface area contributed by atoms with E-state index in [-0.39, 0.29) is 6.10 Å². The minimum Gasteiger partial charge on any atom is -0.393 e. The van der Waals surface area contributed by atoms with Crippen molar-refractivity contribution >= 4 is 0 Å². The van der Waals surface area contributed by atoms with Gasteiger partial charge in [-0.3, -0.25) is 0 Å². The van der Waals surface area contributed by atoms with E-state index in [1.54, 1.807) is 0 Å². The number of allylic oxidation sites excluding steroid dienone is 2. The second-order valence-electron chi connectivity index (χ2n) is 4.24. The molecule has 0 aromatic carbocycles. The van der Waals surface area contributed by atoms with E-state index in [9.17, 15) is 5.11 Å². The van der Waals surface area contributed by atoms with Gasteiger partial charge in [0.25, 0.3) is 0 Å². The fraction of sp³-hybridized carbons (Fsp3) is 0.833. The average molecular weight is 182 g/mol. The Balaban J connectivity index is 2.53. The topological polar surface area (TPSA) is 20.2 Å². The molecule has 3 atom stereocenters. The zero-order valence-corrected chi connectivity index (χ0v) is 8.87. The number of hydrogen-bond donors (Lipinski definition) is 1. The molecule has 1 rings (SSSR count). The van der Waals surface area contributed by atoms with Crippen LogP contribution >= 0.6 is 0 Å². The van der Waals surface area contributed by atoms with E-state index < -0.39 is 0 Å². The largest absolute Gasteiger partial charge is 0.393 e. The van der Waals surface area contributed by atoms with Crippen LogP contribution in [0.5, 0.6) is 0 Å². The summed E-state index contributed by atoms with van der Waals surface area (Å²) in [5, 5.41) is 9.94. The van der Waals surface area contributed by atoms with E-state index in [2.05, 4.69) is 26.0 Å². The van der Waals surface area contributed by atoms with Crippen molar-refractivity contribution in [1.82, 2.24) is 0 Å². The molecule has 3 unspecified atom stereocenters. The smallest absolute Gasteiger partial charge is 0.0574 e. The molecule has 1 aliphatic rings. The maximum Gasteiger partial charge on any atom is 0.0574 e. The lowest BCUT2D eigenvalue weighted by molar-refractivity contribution is 0.0627. The molecular weight excluding hydrogens is 160 g/mol. The molecule has 13 heavy (non-hydrogen) atoms. The lowest BCUT2D eigenvalue weighted by Crippen LogP contribution is -2.26. The molecule has 1 nitrogen and oxygen atoms in total. The summed E-state index contributed by atoms with van der Waals surface area (Å²) in [6.45, 7) is 4.48. The van der Waals surface area contributed by atoms with Gasteiger partial charge in [-0.2, -0.15) is 0 Å². The van der Waals surface area contributed by atoms with Crippen LogP contribution in [0.4, 0.5) is 0 Å². The number of rotatable bonds is 2. The van der Waals surface area contributed by atoms with Gasteiger partial charge in [0.15, 0.2) is 0 Å². The van der Waals surface area contributed by atoms with Crippen LogP contribution in [0.15, 0.2) is 12.2 Å². The first-order valence-corrected chi connectivity index (χ1v) is 5.58. The van der Waals surface area contributed by atoms with Gasteiger partial charge in [-0.05, 0) is 37.5 Å². The van der Waals surface area contributed by atoms with E-state index in [1.165, 1.54) is 6.42 Å². The van der Waals surface area contributed by atoms with Gasteiger partial charge in [0.1, 0.15) is 0 Å². The Bertz CT molecular complexity index is 163. The van der Waals surface area contributed by atoms with Crippen molar-refractivity contribution in [3.63, 3.8) is 0 Å². The highest BCUT2D eigenvalue weighted by atomic mass is 16.3. The van der Waals surface area contributed by atoms with Crippen LogP contribution in [-0.2, 0) is 0 Å². The van der Waals surface area contributed by atoms with Crippen molar-refractivity contribution in [3.8, 4) is 0 Å². The summed E-state index contributed by atoms with van der Waals surface area (Å²) in [7, 11) is 0. The zero-order chi connectivity index (χ0) is 9.68. The maximum atomic E-state index is 9.94. The zero-order valence-electron chi connectivity index (χ0n) is 8.87. The number of aliphatic hydroxyl groups is 1. The van der Waals surface area contributed by atoms with Gasteiger partial charge < -0.3 is 5.11 Å². The Morgan fingerprint density at radius 3 is 2.54 bits per heavy atom. The maximum absolute atomic E-state index is 9.94. The van der Waals surface area contributed by atoms with Crippen LogP contribution in [-0.4, -0.2) is 11.2 Å². The van der Waals surface area contributed by atoms with Gasteiger partial charge in [0.05, 0.1) is 6.10 Å². The fourth-order valence-electron chi connectivity index (χ4n) is 2.16. The summed E-state index contributed by atoms with van der Waals surface area (Å²) in [5.41, 5.74) is 0. The average Bonchev–Trinajstić information content (AvgIpc) is 2.11. The summed E-state index contributed by atoms with van der Waals surface area (Å²) in [6, 6.07) is 0. The van der Waals surface area contributed by atoms with Crippen molar-refractivity contribution in [2.45, 2.75) is 52.1 Å². The molecule has 76 valence electrons. The van der Waals surface area contributed by atoms with Crippen molar-refractivity contribution in [2.24, 2.45) is 11.8 Å². The first-order valence-electron chi connectivity index (χ1n) is 5.58. The van der Waals surface area contributed by atoms with Crippen LogP contribution in [0.3, 0.4) is 0 Å². The summed E-state index contributed by atoms with van der Waals surface area (Å²) in [4.78, 5) is 0. The first kappa shape index (κ1) is 10.8. The molecule has 0 saturated heterocycles. The number of hydrogen-bond acceptors (Lipinski definition) is 1. The molecule has 0 aliphatic heterocycles. The third kappa shape index (κ3) is 3.15. The van der Waals surface area contributed by atoms with E-state index in [0.29, 0.717) is 11.8 Å². The van der Waals surface area contributed by atoms with Crippen molar-refractivity contribution in [1.29, 1.82) is 0 Å². The summed E-state index contributed by atoms with van der Waals surface area (Å²) >= 11 is 0. The molecule has 0 amide bonds. The molecule has 0 saturated carbocycles. The molecule has 0 radical (unpaired) electrons. The predicted molar refractivity (Wildman–Crippen MR) is 56.6 cm³/mol. The van der Waals surface area contributed by atoms with Crippen LogP contribution in [0, 0.1) is 11.8 Å². The molecule has 0 bridgehead atoms. The Morgan fingerprint density at radius 1 is 1.31 bits per heavy atom. The quantitative estimate of drug-likeness (QED) is 0.650. The van der Waals surface area contributed by atoms with Gasteiger partial charge in [0.2, 0.25) is 0 Å². The molecule has 1 aliphatic carbocycles. The van der Waals surface area contributed by atoms with Gasteiger partial charge in [-0.15, -0.1) is 0 Å². The van der Waals surface area contributed by atoms with E-state index in [4.69, 9.17) is 0 Å². The highest BCUT2D eigenvalue weighted by molar-refractivity contribution is 4.88. The van der Waals surface area contributed by atoms with Crippen molar-refractivity contribution < 1.29 is 5.11 Å². The Labute approximate surface area is 81.9 Å². The molecule has 0 aromatic rings. The summed E-state index contributed by atoms with van der Waals surface area (Å²) in [6.07, 6.45) is 9.89. The summed E-state index contributed by atoms with van der Waals surface area (Å²) < 4.78 is 0. The van der Waals surface area contributed by atoms with Gasteiger partial charge in [-0.1, -0.05) is 32.4 Å². The van der Waals surface area contributed by atoms with E-state index in [1.807, 2.05) is 0 Å². The normalized spacial score (nSPS) is 34.7. The number of aliphatic hydroxyl groups excluding tert-OH is 1. The predicted octanol–water partition coefficient (Wildman–Crippen LogP) is 3.14. The Morgan fingerprint density at radius 2 is 1.92 bits per heavy atom. The molecule has 1 heteroatoms. The lowest BCUT2D eigenvalue weighted by Gasteiger charge is -2.28. The van der Waals surface area contributed by atoms with Crippen LogP contribution in [0.25, 0.3) is 0 Å². The molecule has 0 aromatic heterocycles.